The summed E-state index contributed by atoms with van der Waals surface area (Å²) in [4.78, 5) is 21.5. The van der Waals surface area contributed by atoms with E-state index in [-0.39, 0.29) is 18.6 Å². The van der Waals surface area contributed by atoms with E-state index >= 15 is 0 Å². The molecule has 2 aromatic heterocycles. The Kier molecular flexibility index (Phi) is 6.22. The van der Waals surface area contributed by atoms with Crippen LogP contribution in [0.5, 0.6) is 0 Å². The van der Waals surface area contributed by atoms with E-state index in [1.54, 1.807) is 17.5 Å². The highest BCUT2D eigenvalue weighted by molar-refractivity contribution is 7.09. The zero-order valence-electron chi connectivity index (χ0n) is 17.1. The lowest BCUT2D eigenvalue weighted by atomic mass is 9.99. The van der Waals surface area contributed by atoms with Gasteiger partial charge < -0.3 is 15.2 Å². The van der Waals surface area contributed by atoms with Gasteiger partial charge in [-0.15, -0.1) is 11.3 Å². The molecule has 1 aromatic carbocycles. The van der Waals surface area contributed by atoms with Gasteiger partial charge in [0.2, 0.25) is 0 Å². The predicted molar refractivity (Wildman–Crippen MR) is 117 cm³/mol. The quantitative estimate of drug-likeness (QED) is 0.658. The fraction of sp³-hybridized carbons (Fsp3) is 0.348. The average molecular weight is 424 g/mol. The maximum Gasteiger partial charge on any atom is 0.270 e. The molecule has 156 valence electrons. The van der Waals surface area contributed by atoms with Crippen molar-refractivity contribution in [3.63, 3.8) is 0 Å². The molecule has 1 amide bonds. The fourth-order valence-electron chi connectivity index (χ4n) is 3.52. The maximum atomic E-state index is 12.6. The molecule has 7 heteroatoms. The molecule has 1 aliphatic rings. The van der Waals surface area contributed by atoms with Crippen molar-refractivity contribution in [2.45, 2.75) is 38.8 Å². The molecule has 0 bridgehead atoms. The van der Waals surface area contributed by atoms with E-state index in [1.807, 2.05) is 19.9 Å². The van der Waals surface area contributed by atoms with Crippen molar-refractivity contribution in [2.24, 2.45) is 0 Å². The summed E-state index contributed by atoms with van der Waals surface area (Å²) in [6.45, 7) is 4.78. The monoisotopic (exact) mass is 423 g/mol. The van der Waals surface area contributed by atoms with Crippen molar-refractivity contribution < 1.29 is 14.6 Å². The Hall–Kier alpha value is -2.61. The number of aryl methyl sites for hydroxylation is 2. The minimum atomic E-state index is -0.687. The summed E-state index contributed by atoms with van der Waals surface area (Å²) >= 11 is 1.65. The third-order valence-electron chi connectivity index (χ3n) is 5.35. The summed E-state index contributed by atoms with van der Waals surface area (Å²) in [6.07, 6.45) is 2.35. The maximum absolute atomic E-state index is 12.6. The summed E-state index contributed by atoms with van der Waals surface area (Å²) in [5, 5.41) is 16.0. The average Bonchev–Trinajstić information content (AvgIpc) is 3.18. The van der Waals surface area contributed by atoms with Gasteiger partial charge in [0.25, 0.3) is 5.91 Å². The minimum Gasteiger partial charge on any atom is -0.389 e. The Morgan fingerprint density at radius 1 is 1.30 bits per heavy atom. The molecule has 2 N–H and O–H groups in total. The number of nitrogens with one attached hydrogen (secondary N) is 1. The molecule has 1 aliphatic heterocycles. The van der Waals surface area contributed by atoms with Gasteiger partial charge in [0.1, 0.15) is 5.69 Å². The highest BCUT2D eigenvalue weighted by Crippen LogP contribution is 2.23. The summed E-state index contributed by atoms with van der Waals surface area (Å²) < 4.78 is 5.22. The molecule has 0 spiro atoms. The lowest BCUT2D eigenvalue weighted by molar-refractivity contribution is -0.0261. The number of hydrogen-bond acceptors (Lipinski definition) is 6. The van der Waals surface area contributed by atoms with Gasteiger partial charge in [-0.1, -0.05) is 24.3 Å². The smallest absolute Gasteiger partial charge is 0.270 e. The minimum absolute atomic E-state index is 0.244. The van der Waals surface area contributed by atoms with Crippen LogP contribution in [0.2, 0.25) is 0 Å². The number of aliphatic hydroxyl groups is 1. The Bertz CT molecular complexity index is 1030. The molecule has 4 rings (SSSR count). The zero-order valence-corrected chi connectivity index (χ0v) is 17.9. The first kappa shape index (κ1) is 20.7. The molecule has 1 saturated heterocycles. The van der Waals surface area contributed by atoms with Gasteiger partial charge in [-0.05, 0) is 49.4 Å². The van der Waals surface area contributed by atoms with Crippen molar-refractivity contribution in [2.75, 3.05) is 13.2 Å². The SMILES string of the molecule is Cc1nc(-c2ccc(Cc3cc(C(=O)N[C@H]4CCOC[C@@H]4O)ncc3C)cc2)cs1. The molecule has 0 saturated carbocycles. The number of carbonyl (C=O) groups excluding carboxylic acids is 1. The lowest BCUT2D eigenvalue weighted by Crippen LogP contribution is -2.48. The second-order valence-corrected chi connectivity index (χ2v) is 8.69. The van der Waals surface area contributed by atoms with Crippen molar-refractivity contribution in [1.82, 2.24) is 15.3 Å². The van der Waals surface area contributed by atoms with Crippen LogP contribution in [-0.4, -0.2) is 46.3 Å². The van der Waals surface area contributed by atoms with Gasteiger partial charge in [-0.3, -0.25) is 9.78 Å². The highest BCUT2D eigenvalue weighted by atomic mass is 32.1. The molecule has 2 atom stereocenters. The summed E-state index contributed by atoms with van der Waals surface area (Å²) in [5.41, 5.74) is 5.72. The van der Waals surface area contributed by atoms with Crippen molar-refractivity contribution in [1.29, 1.82) is 0 Å². The second-order valence-electron chi connectivity index (χ2n) is 7.63. The molecule has 3 heterocycles. The van der Waals surface area contributed by atoms with Crippen LogP contribution >= 0.6 is 11.3 Å². The largest absolute Gasteiger partial charge is 0.389 e. The van der Waals surface area contributed by atoms with Crippen LogP contribution in [0.15, 0.2) is 41.9 Å². The number of benzene rings is 1. The molecular formula is C23H25N3O3S. The Morgan fingerprint density at radius 3 is 2.80 bits per heavy atom. The van der Waals surface area contributed by atoms with E-state index < -0.39 is 6.10 Å². The summed E-state index contributed by atoms with van der Waals surface area (Å²) in [5.74, 6) is -0.267. The molecule has 0 radical (unpaired) electrons. The molecule has 30 heavy (non-hydrogen) atoms. The van der Waals surface area contributed by atoms with Crippen LogP contribution in [0.4, 0.5) is 0 Å². The third-order valence-corrected chi connectivity index (χ3v) is 6.13. The number of aromatic nitrogens is 2. The van der Waals surface area contributed by atoms with E-state index in [0.29, 0.717) is 25.1 Å². The van der Waals surface area contributed by atoms with Gasteiger partial charge >= 0.3 is 0 Å². The van der Waals surface area contributed by atoms with Gasteiger partial charge in [0.05, 0.1) is 29.5 Å². The predicted octanol–water partition coefficient (Wildman–Crippen LogP) is 3.29. The number of thiazole rings is 1. The number of amides is 1. The van der Waals surface area contributed by atoms with Crippen LogP contribution in [0, 0.1) is 13.8 Å². The van der Waals surface area contributed by atoms with Crippen LogP contribution in [0.3, 0.4) is 0 Å². The first-order valence-corrected chi connectivity index (χ1v) is 10.9. The van der Waals surface area contributed by atoms with E-state index in [9.17, 15) is 9.90 Å². The van der Waals surface area contributed by atoms with Crippen molar-refractivity contribution in [3.05, 3.63) is 69.3 Å². The number of pyridine rings is 1. The fourth-order valence-corrected chi connectivity index (χ4v) is 4.14. The van der Waals surface area contributed by atoms with E-state index in [0.717, 1.165) is 33.0 Å². The van der Waals surface area contributed by atoms with Crippen molar-refractivity contribution in [3.8, 4) is 11.3 Å². The molecule has 0 unspecified atom stereocenters. The van der Waals surface area contributed by atoms with Crippen molar-refractivity contribution >= 4 is 17.2 Å². The van der Waals surface area contributed by atoms with Crippen LogP contribution in [0.25, 0.3) is 11.3 Å². The molecule has 3 aromatic rings. The molecule has 6 nitrogen and oxygen atoms in total. The topological polar surface area (TPSA) is 84.3 Å². The van der Waals surface area contributed by atoms with E-state index in [1.165, 1.54) is 0 Å². The molecular weight excluding hydrogens is 398 g/mol. The van der Waals surface area contributed by atoms with Gasteiger partial charge in [0.15, 0.2) is 0 Å². The number of ether oxygens (including phenoxy) is 1. The Morgan fingerprint density at radius 2 is 2.10 bits per heavy atom. The number of rotatable bonds is 5. The number of carbonyl (C=O) groups is 1. The standard InChI is InChI=1S/C23H25N3O3S/c1-14-11-24-20(23(28)26-19-7-8-29-12-22(19)27)10-18(14)9-16-3-5-17(6-4-16)21-13-30-15(2)25-21/h3-6,10-11,13,19,22,27H,7-9,12H2,1-2H3,(H,26,28)/t19-,22-/m0/s1. The number of hydrogen-bond donors (Lipinski definition) is 2. The second kappa shape index (κ2) is 9.04. The zero-order chi connectivity index (χ0) is 21.1. The first-order chi connectivity index (χ1) is 14.5. The Balaban J connectivity index is 1.47. The van der Waals surface area contributed by atoms with E-state index in [2.05, 4.69) is 44.9 Å². The first-order valence-electron chi connectivity index (χ1n) is 10.0. The number of nitrogens with zero attached hydrogens (tertiary/aromatic N) is 2. The normalized spacial score (nSPS) is 18.9. The Labute approximate surface area is 180 Å². The molecule has 1 fully saturated rings. The number of aliphatic hydroxyl groups excluding tert-OH is 1. The van der Waals surface area contributed by atoms with Crippen LogP contribution < -0.4 is 5.32 Å². The van der Waals surface area contributed by atoms with Crippen LogP contribution in [0.1, 0.15) is 38.6 Å². The molecule has 0 aliphatic carbocycles. The third kappa shape index (κ3) is 4.75. The summed E-state index contributed by atoms with van der Waals surface area (Å²) in [7, 11) is 0. The van der Waals surface area contributed by atoms with Gasteiger partial charge in [-0.2, -0.15) is 0 Å². The van der Waals surface area contributed by atoms with Gasteiger partial charge in [0, 0.05) is 23.7 Å². The highest BCUT2D eigenvalue weighted by Gasteiger charge is 2.26. The van der Waals surface area contributed by atoms with Crippen LogP contribution in [-0.2, 0) is 11.2 Å². The lowest BCUT2D eigenvalue weighted by Gasteiger charge is -2.28. The van der Waals surface area contributed by atoms with Gasteiger partial charge in [-0.25, -0.2) is 4.98 Å². The van der Waals surface area contributed by atoms with E-state index in [4.69, 9.17) is 4.74 Å². The summed E-state index contributed by atoms with van der Waals surface area (Å²) in [6, 6.07) is 9.90.